The number of phenolic OH excluding ortho intramolecular Hbond substituents is 1. The molecule has 1 aromatic carbocycles. The van der Waals surface area contributed by atoms with Crippen LogP contribution in [0.5, 0.6) is 5.75 Å². The number of hydrogen-bond acceptors (Lipinski definition) is 13. The Bertz CT molecular complexity index is 1440. The summed E-state index contributed by atoms with van der Waals surface area (Å²) in [4.78, 5) is 26.5. The number of nitrogen functional groups attached to an aromatic ring is 1. The average Bonchev–Trinajstić information content (AvgIpc) is 3.34. The maximum Gasteiger partial charge on any atom is 0.362 e. The number of imidazole rings is 1. The lowest BCUT2D eigenvalue weighted by atomic mass is 10.1. The lowest BCUT2D eigenvalue weighted by Gasteiger charge is -2.16. The van der Waals surface area contributed by atoms with Gasteiger partial charge in [0, 0.05) is 4.91 Å². The van der Waals surface area contributed by atoms with Crippen molar-refractivity contribution in [1.29, 1.82) is 0 Å². The highest BCUT2D eigenvalue weighted by Crippen LogP contribution is 2.33. The van der Waals surface area contributed by atoms with Crippen molar-refractivity contribution in [3.63, 3.8) is 0 Å². The van der Waals surface area contributed by atoms with Gasteiger partial charge in [0.1, 0.15) is 29.6 Å². The first kappa shape index (κ1) is 24.1. The van der Waals surface area contributed by atoms with Crippen molar-refractivity contribution < 1.29 is 37.5 Å². The summed E-state index contributed by atoms with van der Waals surface area (Å²) < 4.78 is 37.4. The van der Waals surface area contributed by atoms with Gasteiger partial charge in [-0.05, 0) is 22.8 Å². The van der Waals surface area contributed by atoms with Crippen LogP contribution in [0.25, 0.3) is 21.6 Å². The summed E-state index contributed by atoms with van der Waals surface area (Å²) in [5, 5.41) is 33.8. The number of nitrogens with zero attached hydrogens (tertiary/aromatic N) is 7. The fourth-order valence-electron chi connectivity index (χ4n) is 3.31. The number of aliphatic hydroxyl groups excluding tert-OH is 2. The lowest BCUT2D eigenvalue weighted by molar-refractivity contribution is -0.0468. The van der Waals surface area contributed by atoms with Crippen LogP contribution in [-0.4, -0.2) is 74.1 Å². The molecule has 1 aliphatic heterocycles. The van der Waals surface area contributed by atoms with Crippen molar-refractivity contribution in [2.24, 2.45) is 5.11 Å². The summed E-state index contributed by atoms with van der Waals surface area (Å²) in [6, 6.07) is 5.25. The number of anilines is 1. The topological polar surface area (TPSA) is 261 Å². The van der Waals surface area contributed by atoms with Crippen LogP contribution in [0.4, 0.5) is 11.8 Å². The number of aromatic nitrogens is 4. The van der Waals surface area contributed by atoms with Gasteiger partial charge in [-0.15, -0.1) is 0 Å². The van der Waals surface area contributed by atoms with Crippen molar-refractivity contribution in [3.8, 4) is 5.75 Å². The Labute approximate surface area is 195 Å². The van der Waals surface area contributed by atoms with E-state index in [1.807, 2.05) is 0 Å². The fraction of sp³-hybridized carbons (Fsp3) is 0.294. The van der Waals surface area contributed by atoms with Crippen molar-refractivity contribution in [2.45, 2.75) is 24.5 Å². The molecule has 4 unspecified atom stereocenters. The molecule has 0 radical (unpaired) electrons. The summed E-state index contributed by atoms with van der Waals surface area (Å²) in [7, 11) is -4.68. The quantitative estimate of drug-likeness (QED) is 0.152. The van der Waals surface area contributed by atoms with Gasteiger partial charge in [0.05, 0.1) is 18.5 Å². The number of carbonyl (C=O) groups excluding carboxylic acids is 1. The van der Waals surface area contributed by atoms with Crippen LogP contribution in [0.1, 0.15) is 16.6 Å². The van der Waals surface area contributed by atoms with Crippen LogP contribution < -0.4 is 10.5 Å². The van der Waals surface area contributed by atoms with E-state index in [0.29, 0.717) is 0 Å². The van der Waals surface area contributed by atoms with E-state index in [1.54, 1.807) is 4.72 Å². The highest BCUT2D eigenvalue weighted by Gasteiger charge is 2.45. The fourth-order valence-corrected chi connectivity index (χ4v) is 4.02. The molecule has 184 valence electrons. The molecule has 18 heteroatoms. The first-order valence-corrected chi connectivity index (χ1v) is 11.1. The summed E-state index contributed by atoms with van der Waals surface area (Å²) >= 11 is 0. The molecule has 0 saturated carbocycles. The summed E-state index contributed by atoms with van der Waals surface area (Å²) in [5.41, 5.74) is 14.2. The van der Waals surface area contributed by atoms with Gasteiger partial charge in [-0.25, -0.2) is 19.7 Å². The zero-order valence-electron chi connectivity index (χ0n) is 17.4. The Morgan fingerprint density at radius 2 is 2.06 bits per heavy atom. The standard InChI is InChI=1S/C17H17N9O8S/c18-13-10-14(22-17(21-13)23-25-19)26(6-20-10)16-12(29)11(28)9(34-16)5-33-35(31,32)24-15(30)7-3-1-2-4-8(7)27/h1-4,6,9,11-12,16,27-29H,5H2,(H,24,30)(H2,18,21,22). The molecule has 1 saturated heterocycles. The predicted molar refractivity (Wildman–Crippen MR) is 115 cm³/mol. The number of ether oxygens (including phenoxy) is 1. The number of aromatic hydroxyl groups is 1. The first-order chi connectivity index (χ1) is 16.6. The number of benzene rings is 1. The van der Waals surface area contributed by atoms with Crippen molar-refractivity contribution in [3.05, 3.63) is 46.6 Å². The number of rotatable bonds is 7. The smallest absolute Gasteiger partial charge is 0.362 e. The highest BCUT2D eigenvalue weighted by molar-refractivity contribution is 7.85. The molecule has 0 spiro atoms. The highest BCUT2D eigenvalue weighted by atomic mass is 32.2. The molecule has 1 amide bonds. The minimum atomic E-state index is -4.68. The third-order valence-electron chi connectivity index (χ3n) is 4.94. The second-order valence-electron chi connectivity index (χ2n) is 7.16. The van der Waals surface area contributed by atoms with Gasteiger partial charge in [0.15, 0.2) is 17.7 Å². The third-order valence-corrected chi connectivity index (χ3v) is 5.82. The van der Waals surface area contributed by atoms with E-state index in [4.69, 9.17) is 20.2 Å². The van der Waals surface area contributed by atoms with Crippen molar-refractivity contribution in [1.82, 2.24) is 24.2 Å². The molecule has 4 atom stereocenters. The van der Waals surface area contributed by atoms with Gasteiger partial charge in [-0.1, -0.05) is 12.1 Å². The molecule has 3 heterocycles. The zero-order valence-corrected chi connectivity index (χ0v) is 18.2. The van der Waals surface area contributed by atoms with E-state index in [9.17, 15) is 28.5 Å². The average molecular weight is 507 g/mol. The van der Waals surface area contributed by atoms with Gasteiger partial charge in [0.2, 0.25) is 5.95 Å². The number of azide groups is 1. The van der Waals surface area contributed by atoms with E-state index >= 15 is 0 Å². The van der Waals surface area contributed by atoms with Gasteiger partial charge in [0.25, 0.3) is 5.91 Å². The van der Waals surface area contributed by atoms with Crippen LogP contribution in [0.2, 0.25) is 0 Å². The Kier molecular flexibility index (Phi) is 6.39. The number of carbonyl (C=O) groups is 1. The monoisotopic (exact) mass is 507 g/mol. The summed E-state index contributed by atoms with van der Waals surface area (Å²) in [5.74, 6) is -2.03. The number of nitrogens with two attached hydrogens (primary N) is 1. The van der Waals surface area contributed by atoms with E-state index in [0.717, 1.165) is 0 Å². The van der Waals surface area contributed by atoms with E-state index in [-0.39, 0.29) is 28.5 Å². The predicted octanol–water partition coefficient (Wildman–Crippen LogP) is -0.634. The molecule has 1 fully saturated rings. The molecule has 4 rings (SSSR count). The number of hydrogen-bond donors (Lipinski definition) is 5. The van der Waals surface area contributed by atoms with Gasteiger partial charge in [-0.2, -0.15) is 8.42 Å². The maximum absolute atomic E-state index is 12.2. The minimum absolute atomic E-state index is 0.0141. The van der Waals surface area contributed by atoms with Gasteiger partial charge >= 0.3 is 10.3 Å². The van der Waals surface area contributed by atoms with Crippen LogP contribution in [0, 0.1) is 0 Å². The molecule has 0 aliphatic carbocycles. The summed E-state index contributed by atoms with van der Waals surface area (Å²) in [6.45, 7) is -0.786. The Morgan fingerprint density at radius 1 is 1.31 bits per heavy atom. The number of aliphatic hydroxyl groups is 2. The van der Waals surface area contributed by atoms with Crippen LogP contribution in [0.3, 0.4) is 0 Å². The first-order valence-electron chi connectivity index (χ1n) is 9.67. The largest absolute Gasteiger partial charge is 0.507 e. The van der Waals surface area contributed by atoms with Crippen LogP contribution in [0.15, 0.2) is 35.7 Å². The molecular weight excluding hydrogens is 490 g/mol. The zero-order chi connectivity index (χ0) is 25.3. The van der Waals surface area contributed by atoms with E-state index < -0.39 is 53.1 Å². The van der Waals surface area contributed by atoms with Gasteiger partial charge in [-0.3, -0.25) is 13.5 Å². The Morgan fingerprint density at radius 3 is 2.77 bits per heavy atom. The minimum Gasteiger partial charge on any atom is -0.507 e. The molecule has 6 N–H and O–H groups in total. The number of amides is 1. The second kappa shape index (κ2) is 9.29. The van der Waals surface area contributed by atoms with E-state index in [2.05, 4.69) is 25.0 Å². The Balaban J connectivity index is 1.48. The molecule has 35 heavy (non-hydrogen) atoms. The third kappa shape index (κ3) is 4.78. The lowest BCUT2D eigenvalue weighted by Crippen LogP contribution is -2.37. The Hall–Kier alpha value is -4.06. The second-order valence-corrected chi connectivity index (χ2v) is 8.50. The van der Waals surface area contributed by atoms with Crippen LogP contribution >= 0.6 is 0 Å². The SMILES string of the molecule is [N-]=[N+]=Nc1nc(N)c2ncn(C3OC(COS(=O)(=O)NC(=O)c4ccccc4O)C(O)C3O)c2n1. The summed E-state index contributed by atoms with van der Waals surface area (Å²) in [6.07, 6.45) is -4.69. The van der Waals surface area contributed by atoms with E-state index in [1.165, 1.54) is 35.2 Å². The van der Waals surface area contributed by atoms with Gasteiger partial charge < -0.3 is 25.8 Å². The number of para-hydroxylation sites is 1. The number of nitrogens with one attached hydrogen (secondary N) is 1. The molecule has 2 aromatic heterocycles. The number of fused-ring (bicyclic) bond motifs is 1. The normalized spacial score (nSPS) is 22.1. The van der Waals surface area contributed by atoms with Crippen molar-refractivity contribution in [2.75, 3.05) is 12.3 Å². The molecule has 3 aromatic rings. The van der Waals surface area contributed by atoms with Crippen LogP contribution in [-0.2, 0) is 19.2 Å². The molecule has 0 bridgehead atoms. The van der Waals surface area contributed by atoms with Crippen molar-refractivity contribution >= 4 is 39.1 Å². The molecule has 1 aliphatic rings. The molecular formula is C17H17N9O8S. The number of phenols is 1. The molecule has 17 nitrogen and oxygen atoms in total. The maximum atomic E-state index is 12.2.